The number of Topliss-reactive ketones (excluding diaryl/α,β-unsaturated/α-hetero) is 1. The second kappa shape index (κ2) is 46.4. The fraction of sp³-hybridized carbons (Fsp3) is 0.547. The molecule has 91 heavy (non-hydrogen) atoms. The Hall–Kier alpha value is -8.69. The number of amides is 10. The van der Waals surface area contributed by atoms with Crippen LogP contribution in [0.3, 0.4) is 0 Å². The molecule has 0 atom stereocenters. The Morgan fingerprint density at radius 1 is 0.308 bits per heavy atom. The summed E-state index contributed by atoms with van der Waals surface area (Å²) in [4.78, 5) is 135. The lowest BCUT2D eigenvalue weighted by molar-refractivity contribution is -0.131. The molecule has 3 aromatic carbocycles. The molecule has 0 spiro atoms. The maximum absolute atomic E-state index is 13.5. The highest BCUT2D eigenvalue weighted by Crippen LogP contribution is 2.19. The molecule has 0 aliphatic rings. The zero-order valence-electron chi connectivity index (χ0n) is 53.1. The van der Waals surface area contributed by atoms with Gasteiger partial charge in [-0.05, 0) is 125 Å². The third-order valence-electron chi connectivity index (χ3n) is 12.9. The number of ketones is 1. The van der Waals surface area contributed by atoms with Gasteiger partial charge in [-0.2, -0.15) is 0 Å². The minimum absolute atomic E-state index is 0.0130. The summed E-state index contributed by atoms with van der Waals surface area (Å²) in [5, 5.41) is 27.9. The second-order valence-corrected chi connectivity index (χ2v) is 21.4. The predicted octanol–water partition coefficient (Wildman–Crippen LogP) is 4.14. The Morgan fingerprint density at radius 2 is 0.571 bits per heavy atom. The van der Waals surface area contributed by atoms with Crippen molar-refractivity contribution in [2.45, 2.75) is 130 Å². The van der Waals surface area contributed by atoms with Crippen LogP contribution in [-0.4, -0.2) is 169 Å². The number of benzene rings is 3. The lowest BCUT2D eigenvalue weighted by atomic mass is 10.0. The van der Waals surface area contributed by atoms with Crippen LogP contribution in [0.2, 0.25) is 0 Å². The molecule has 0 saturated heterocycles. The van der Waals surface area contributed by atoms with E-state index >= 15 is 0 Å². The van der Waals surface area contributed by atoms with Gasteiger partial charge in [0, 0.05) is 128 Å². The first-order chi connectivity index (χ1) is 43.8. The number of hydrogen-bond donors (Lipinski definition) is 10. The summed E-state index contributed by atoms with van der Waals surface area (Å²) in [6.45, 7) is 7.65. The molecule has 27 heteroatoms. The number of hydrogen-bond acceptors (Lipinski definition) is 17. The zero-order chi connectivity index (χ0) is 66.3. The zero-order valence-corrected chi connectivity index (χ0v) is 53.1. The van der Waals surface area contributed by atoms with E-state index in [0.29, 0.717) is 112 Å². The van der Waals surface area contributed by atoms with E-state index in [1.807, 2.05) is 0 Å². The van der Waals surface area contributed by atoms with E-state index in [1.165, 1.54) is 27.7 Å². The molecule has 27 nitrogen and oxygen atoms in total. The van der Waals surface area contributed by atoms with Gasteiger partial charge in [-0.15, -0.1) is 0 Å². The summed E-state index contributed by atoms with van der Waals surface area (Å²) in [6.07, 6.45) is 3.84. The maximum Gasteiger partial charge on any atom is 0.222 e. The lowest BCUT2D eigenvalue weighted by Crippen LogP contribution is -2.58. The topological polar surface area (TPSA) is 363 Å². The summed E-state index contributed by atoms with van der Waals surface area (Å²) in [5.74, 6) is -0.668. The molecule has 0 heterocycles. The van der Waals surface area contributed by atoms with E-state index in [-0.39, 0.29) is 176 Å². The Bertz CT molecular complexity index is 2450. The van der Waals surface area contributed by atoms with Crippen LogP contribution in [0.4, 0.5) is 17.1 Å². The molecule has 0 radical (unpaired) electrons. The first-order valence-electron chi connectivity index (χ1n) is 30.9. The number of nitrogens with one attached hydrogen (secondary N) is 10. The summed E-state index contributed by atoms with van der Waals surface area (Å²) < 4.78 is 35.0. The Kier molecular flexibility index (Phi) is 39.0. The quantitative estimate of drug-likeness (QED) is 0.0355. The minimum atomic E-state index is -1.38. The highest BCUT2D eigenvalue weighted by molar-refractivity contribution is 5.90. The second-order valence-electron chi connectivity index (χ2n) is 21.4. The van der Waals surface area contributed by atoms with Gasteiger partial charge >= 0.3 is 0 Å². The predicted molar refractivity (Wildman–Crippen MR) is 340 cm³/mol. The van der Waals surface area contributed by atoms with Crippen LogP contribution in [0.25, 0.3) is 0 Å². The summed E-state index contributed by atoms with van der Waals surface area (Å²) >= 11 is 0. The molecule has 0 bridgehead atoms. The minimum Gasteiger partial charge on any atom is -0.494 e. The van der Waals surface area contributed by atoms with Gasteiger partial charge in [-0.1, -0.05) is 0 Å². The molecule has 502 valence electrons. The highest BCUT2D eigenvalue weighted by atomic mass is 16.5. The Balaban J connectivity index is 1.45. The van der Waals surface area contributed by atoms with Crippen LogP contribution < -0.4 is 67.4 Å². The number of carbonyl (C=O) groups is 11. The van der Waals surface area contributed by atoms with Crippen molar-refractivity contribution in [1.29, 1.82) is 0 Å². The number of rotatable bonds is 50. The van der Waals surface area contributed by atoms with E-state index in [2.05, 4.69) is 53.2 Å². The van der Waals surface area contributed by atoms with E-state index in [1.54, 1.807) is 72.8 Å². The van der Waals surface area contributed by atoms with Crippen LogP contribution in [-0.2, 0) is 67.0 Å². The van der Waals surface area contributed by atoms with Crippen LogP contribution in [0.5, 0.6) is 17.2 Å². The molecule has 0 aliphatic heterocycles. The van der Waals surface area contributed by atoms with E-state index in [0.717, 1.165) is 0 Å². The van der Waals surface area contributed by atoms with Gasteiger partial charge < -0.3 is 86.4 Å². The average molecular weight is 1280 g/mol. The third kappa shape index (κ3) is 39.8. The van der Waals surface area contributed by atoms with Gasteiger partial charge in [0.25, 0.3) is 0 Å². The molecule has 3 aromatic rings. The van der Waals surface area contributed by atoms with Crippen LogP contribution in [0.1, 0.15) is 124 Å². The van der Waals surface area contributed by atoms with Crippen LogP contribution >= 0.6 is 0 Å². The van der Waals surface area contributed by atoms with E-state index in [4.69, 9.17) is 28.4 Å². The van der Waals surface area contributed by atoms with Crippen molar-refractivity contribution in [3.8, 4) is 17.2 Å². The van der Waals surface area contributed by atoms with E-state index in [9.17, 15) is 52.7 Å². The van der Waals surface area contributed by atoms with Crippen molar-refractivity contribution in [3.63, 3.8) is 0 Å². The van der Waals surface area contributed by atoms with Crippen molar-refractivity contribution in [2.24, 2.45) is 0 Å². The summed E-state index contributed by atoms with van der Waals surface area (Å²) in [5.41, 5.74) is 0.570. The molecule has 0 saturated carbocycles. The molecule has 10 amide bonds. The highest BCUT2D eigenvalue weighted by Gasteiger charge is 2.34. The van der Waals surface area contributed by atoms with Gasteiger partial charge in [-0.25, -0.2) is 0 Å². The molecule has 0 aromatic heterocycles. The van der Waals surface area contributed by atoms with Crippen molar-refractivity contribution >= 4 is 81.9 Å². The summed E-state index contributed by atoms with van der Waals surface area (Å²) in [6, 6.07) is 20.7. The molecular weight excluding hydrogens is 1180 g/mol. The largest absolute Gasteiger partial charge is 0.494 e. The molecule has 3 rings (SSSR count). The summed E-state index contributed by atoms with van der Waals surface area (Å²) in [7, 11) is 0. The fourth-order valence-corrected chi connectivity index (χ4v) is 8.33. The van der Waals surface area contributed by atoms with Crippen molar-refractivity contribution < 1.29 is 81.2 Å². The van der Waals surface area contributed by atoms with Gasteiger partial charge in [-0.3, -0.25) is 47.9 Å². The number of anilines is 3. The standard InChI is InChI=1S/C64H94N10O17/c1-47(75)12-5-13-63(85)74-64(44-86-41-29-60(82)68-35-9-32-65-57(79)14-6-38-89-54-23-17-51(18-24-54)71-48(2)76,45-87-42-30-61(83)69-36-10-33-66-58(80)15-7-39-90-55-25-19-52(20-26-55)72-49(3)77)46-88-43-31-62(84)70-37-11-34-67-59(81)16-8-40-91-56-27-21-53(22-28-56)73-50(4)78/h17-28H,5-16,29-46H2,1-4H3,(H,65,79)(H,66,80)(H,67,81)(H,68,82)(H,69,83)(H,70,84)(H,71,76)(H,72,77)(H,73,78)(H,74,85). The SMILES string of the molecule is CC(=O)CCCC(=O)NC(COCCC(=O)NCCCNC(=O)CCCOc1ccc(NC(C)=O)cc1)(COCCC(=O)NCCCNC(=O)CCCOc1ccc(NC(C)=O)cc1)COCCC(=O)NCCCNC(=O)CCCOc1ccc(NC(C)=O)cc1. The molecule has 10 N–H and O–H groups in total. The van der Waals surface area contributed by atoms with Crippen LogP contribution in [0.15, 0.2) is 72.8 Å². The maximum atomic E-state index is 13.5. The lowest BCUT2D eigenvalue weighted by Gasteiger charge is -2.34. The van der Waals surface area contributed by atoms with Gasteiger partial charge in [0.2, 0.25) is 59.1 Å². The normalized spacial score (nSPS) is 10.8. The van der Waals surface area contributed by atoms with E-state index < -0.39 is 11.4 Å². The fourth-order valence-electron chi connectivity index (χ4n) is 8.33. The Morgan fingerprint density at radius 3 is 0.835 bits per heavy atom. The number of carbonyl (C=O) groups excluding carboxylic acids is 11. The molecule has 0 unspecified atom stereocenters. The molecular formula is C64H94N10O17. The average Bonchev–Trinajstić information content (AvgIpc) is 3.72. The van der Waals surface area contributed by atoms with Crippen molar-refractivity contribution in [1.82, 2.24) is 37.2 Å². The molecule has 0 aliphatic carbocycles. The first-order valence-corrected chi connectivity index (χ1v) is 30.9. The first kappa shape index (κ1) is 76.6. The van der Waals surface area contributed by atoms with Gasteiger partial charge in [0.1, 0.15) is 28.6 Å². The molecule has 0 fully saturated rings. The van der Waals surface area contributed by atoms with Gasteiger partial charge in [0.05, 0.1) is 59.5 Å². The van der Waals surface area contributed by atoms with Crippen LogP contribution in [0, 0.1) is 0 Å². The smallest absolute Gasteiger partial charge is 0.222 e. The van der Waals surface area contributed by atoms with Crippen molar-refractivity contribution in [2.75, 3.05) is 115 Å². The van der Waals surface area contributed by atoms with Gasteiger partial charge in [0.15, 0.2) is 0 Å². The number of ether oxygens (including phenoxy) is 6. The third-order valence-corrected chi connectivity index (χ3v) is 12.9. The van der Waals surface area contributed by atoms with Crippen molar-refractivity contribution in [3.05, 3.63) is 72.8 Å². The Labute approximate surface area is 532 Å². The monoisotopic (exact) mass is 1270 g/mol.